The lowest BCUT2D eigenvalue weighted by molar-refractivity contribution is -0.749. The van der Waals surface area contributed by atoms with E-state index in [2.05, 4.69) is 26.2 Å². The summed E-state index contributed by atoms with van der Waals surface area (Å²) in [7, 11) is 0. The average molecular weight is 360 g/mol. The Balaban J connectivity index is 1.87. The Morgan fingerprint density at radius 2 is 1.44 bits per heavy atom. The van der Waals surface area contributed by atoms with Gasteiger partial charge in [-0.05, 0) is 29.2 Å². The van der Waals surface area contributed by atoms with E-state index in [4.69, 9.17) is 0 Å². The van der Waals surface area contributed by atoms with Crippen LogP contribution in [-0.4, -0.2) is 5.78 Å². The molecule has 0 aliphatic rings. The van der Waals surface area contributed by atoms with Crippen LogP contribution in [0.3, 0.4) is 0 Å². The molecule has 0 heterocycles. The van der Waals surface area contributed by atoms with Gasteiger partial charge in [-0.1, -0.05) is 75.4 Å². The normalized spacial score (nSPS) is 12.4. The molecular formula is C23H24N2O2. The first-order valence-corrected chi connectivity index (χ1v) is 8.97. The van der Waals surface area contributed by atoms with Crippen molar-refractivity contribution in [3.63, 3.8) is 0 Å². The zero-order chi connectivity index (χ0) is 19.4. The Morgan fingerprint density at radius 1 is 0.852 bits per heavy atom. The van der Waals surface area contributed by atoms with E-state index in [9.17, 15) is 10.0 Å². The molecule has 2 N–H and O–H groups in total. The Morgan fingerprint density at radius 3 is 2.07 bits per heavy atom. The number of anilines is 1. The number of carbonyl (C=O) groups is 1. The topological polar surface area (TPSA) is 56.6 Å². The standard InChI is InChI=1S/C23H24N2O2/c1-23(2,3)18-15-13-17(14-16-18)22(26)20-11-7-8-12-21(20)25(27)24-19-9-5-4-6-10-19/h4-16,24-25H,1-3H3. The van der Waals surface area contributed by atoms with E-state index in [-0.39, 0.29) is 16.4 Å². The van der Waals surface area contributed by atoms with Crippen LogP contribution in [0.4, 0.5) is 11.4 Å². The maximum atomic E-state index is 13.0. The van der Waals surface area contributed by atoms with Gasteiger partial charge in [-0.3, -0.25) is 4.79 Å². The van der Waals surface area contributed by atoms with E-state index in [1.807, 2.05) is 54.6 Å². The predicted octanol–water partition coefficient (Wildman–Crippen LogP) is 4.26. The largest absolute Gasteiger partial charge is 0.603 e. The molecule has 3 aromatic carbocycles. The minimum absolute atomic E-state index is 0.0229. The maximum absolute atomic E-state index is 13.0. The van der Waals surface area contributed by atoms with Gasteiger partial charge in [-0.25, -0.2) is 10.6 Å². The maximum Gasteiger partial charge on any atom is 0.199 e. The summed E-state index contributed by atoms with van der Waals surface area (Å²) in [6.07, 6.45) is 0. The van der Waals surface area contributed by atoms with Crippen LogP contribution >= 0.6 is 0 Å². The number of quaternary nitrogens is 1. The first-order chi connectivity index (χ1) is 12.9. The summed E-state index contributed by atoms with van der Waals surface area (Å²) >= 11 is 0. The van der Waals surface area contributed by atoms with Gasteiger partial charge in [-0.15, -0.1) is 0 Å². The van der Waals surface area contributed by atoms with Crippen molar-refractivity contribution < 1.29 is 9.97 Å². The van der Waals surface area contributed by atoms with E-state index in [0.29, 0.717) is 22.5 Å². The van der Waals surface area contributed by atoms with Crippen LogP contribution in [0.2, 0.25) is 0 Å². The highest BCUT2D eigenvalue weighted by Gasteiger charge is 2.19. The number of hydrogen-bond donors (Lipinski definition) is 2. The molecule has 138 valence electrons. The molecule has 0 saturated carbocycles. The summed E-state index contributed by atoms with van der Waals surface area (Å²) < 4.78 is 0. The molecular weight excluding hydrogens is 336 g/mol. The molecule has 0 aliphatic carbocycles. The number of para-hydroxylation sites is 2. The van der Waals surface area contributed by atoms with Crippen LogP contribution < -0.4 is 10.6 Å². The molecule has 3 rings (SSSR count). The number of benzene rings is 3. The number of carbonyl (C=O) groups excluding carboxylic acids is 1. The molecule has 4 nitrogen and oxygen atoms in total. The van der Waals surface area contributed by atoms with Crippen LogP contribution in [0.25, 0.3) is 0 Å². The molecule has 0 bridgehead atoms. The fourth-order valence-corrected chi connectivity index (χ4v) is 2.88. The lowest BCUT2D eigenvalue weighted by Gasteiger charge is -2.24. The zero-order valence-corrected chi connectivity index (χ0v) is 15.8. The SMILES string of the molecule is CC(C)(C)c1ccc(C(=O)c2ccccc2[NH+]([O-])Nc2ccccc2)cc1. The molecule has 0 spiro atoms. The summed E-state index contributed by atoms with van der Waals surface area (Å²) in [4.78, 5) is 13.0. The molecule has 1 atom stereocenters. The smallest absolute Gasteiger partial charge is 0.199 e. The molecule has 0 saturated heterocycles. The highest BCUT2D eigenvalue weighted by atomic mass is 16.5. The van der Waals surface area contributed by atoms with Crippen molar-refractivity contribution in [1.29, 1.82) is 0 Å². The van der Waals surface area contributed by atoms with Crippen LogP contribution in [0, 0.1) is 5.21 Å². The van der Waals surface area contributed by atoms with E-state index < -0.39 is 0 Å². The Bertz CT molecular complexity index is 913. The second-order valence-corrected chi connectivity index (χ2v) is 7.52. The lowest BCUT2D eigenvalue weighted by atomic mass is 9.86. The third-order valence-corrected chi connectivity index (χ3v) is 4.46. The van der Waals surface area contributed by atoms with Gasteiger partial charge in [0, 0.05) is 11.6 Å². The average Bonchev–Trinajstić information content (AvgIpc) is 2.67. The molecule has 3 aromatic rings. The molecule has 0 amide bonds. The van der Waals surface area contributed by atoms with Crippen molar-refractivity contribution in [1.82, 2.24) is 0 Å². The second kappa shape index (κ2) is 7.74. The van der Waals surface area contributed by atoms with Crippen LogP contribution in [-0.2, 0) is 5.41 Å². The second-order valence-electron chi connectivity index (χ2n) is 7.52. The van der Waals surface area contributed by atoms with Crippen molar-refractivity contribution in [2.24, 2.45) is 0 Å². The molecule has 1 unspecified atom stereocenters. The molecule has 0 aromatic heterocycles. The predicted molar refractivity (Wildman–Crippen MR) is 109 cm³/mol. The van der Waals surface area contributed by atoms with Crippen LogP contribution in [0.15, 0.2) is 78.9 Å². The fraction of sp³-hybridized carbons (Fsp3) is 0.174. The Labute approximate surface area is 160 Å². The van der Waals surface area contributed by atoms with E-state index in [0.717, 1.165) is 5.56 Å². The number of hydrogen-bond acceptors (Lipinski definition) is 3. The summed E-state index contributed by atoms with van der Waals surface area (Å²) in [6, 6.07) is 23.7. The monoisotopic (exact) mass is 360 g/mol. The van der Waals surface area contributed by atoms with Gasteiger partial charge < -0.3 is 5.21 Å². The third-order valence-electron chi connectivity index (χ3n) is 4.46. The minimum atomic E-state index is -0.295. The highest BCUT2D eigenvalue weighted by molar-refractivity contribution is 6.11. The summed E-state index contributed by atoms with van der Waals surface area (Å²) in [5.41, 5.74) is 6.06. The van der Waals surface area contributed by atoms with E-state index in [1.165, 1.54) is 0 Å². The number of rotatable bonds is 5. The van der Waals surface area contributed by atoms with Gasteiger partial charge in [0.05, 0.1) is 11.3 Å². The van der Waals surface area contributed by atoms with Gasteiger partial charge >= 0.3 is 0 Å². The lowest BCUT2D eigenvalue weighted by Crippen LogP contribution is -3.06. The van der Waals surface area contributed by atoms with Crippen molar-refractivity contribution in [3.05, 3.63) is 101 Å². The van der Waals surface area contributed by atoms with E-state index in [1.54, 1.807) is 24.3 Å². The summed E-state index contributed by atoms with van der Waals surface area (Å²) in [6.45, 7) is 6.40. The van der Waals surface area contributed by atoms with Gasteiger partial charge in [0.15, 0.2) is 11.5 Å². The quantitative estimate of drug-likeness (QED) is 0.528. The van der Waals surface area contributed by atoms with Crippen molar-refractivity contribution in [2.75, 3.05) is 5.43 Å². The Kier molecular flexibility index (Phi) is 5.40. The van der Waals surface area contributed by atoms with Gasteiger partial charge in [0.2, 0.25) is 0 Å². The molecule has 4 heteroatoms. The van der Waals surface area contributed by atoms with Crippen molar-refractivity contribution in [3.8, 4) is 0 Å². The molecule has 27 heavy (non-hydrogen) atoms. The van der Waals surface area contributed by atoms with Crippen molar-refractivity contribution in [2.45, 2.75) is 26.2 Å². The number of nitrogens with one attached hydrogen (secondary N) is 2. The third kappa shape index (κ3) is 4.42. The summed E-state index contributed by atoms with van der Waals surface area (Å²) in [5, 5.41) is 12.4. The van der Waals surface area contributed by atoms with Gasteiger partial charge in [0.1, 0.15) is 0 Å². The Hall–Kier alpha value is -2.95. The van der Waals surface area contributed by atoms with Crippen molar-refractivity contribution >= 4 is 17.2 Å². The van der Waals surface area contributed by atoms with Crippen LogP contribution in [0.5, 0.6) is 0 Å². The summed E-state index contributed by atoms with van der Waals surface area (Å²) in [5.74, 6) is -0.158. The highest BCUT2D eigenvalue weighted by Crippen LogP contribution is 2.23. The first kappa shape index (κ1) is 18.8. The molecule has 0 radical (unpaired) electrons. The zero-order valence-electron chi connectivity index (χ0n) is 15.8. The molecule has 0 aliphatic heterocycles. The van der Waals surface area contributed by atoms with Gasteiger partial charge in [-0.2, -0.15) is 0 Å². The number of ketones is 1. The van der Waals surface area contributed by atoms with Gasteiger partial charge in [0.25, 0.3) is 0 Å². The van der Waals surface area contributed by atoms with Crippen LogP contribution in [0.1, 0.15) is 42.3 Å². The minimum Gasteiger partial charge on any atom is -0.603 e. The fourth-order valence-electron chi connectivity index (χ4n) is 2.88. The molecule has 0 fully saturated rings. The van der Waals surface area contributed by atoms with E-state index >= 15 is 0 Å². The first-order valence-electron chi connectivity index (χ1n) is 8.97.